The van der Waals surface area contributed by atoms with E-state index in [0.717, 1.165) is 0 Å². The number of hydrogen-bond acceptors (Lipinski definition) is 2. The van der Waals surface area contributed by atoms with Crippen molar-refractivity contribution in [1.29, 1.82) is 0 Å². The summed E-state index contributed by atoms with van der Waals surface area (Å²) in [6, 6.07) is 12.8. The van der Waals surface area contributed by atoms with Gasteiger partial charge in [-0.2, -0.15) is 13.2 Å². The average molecular weight is 472 g/mol. The molecule has 2 N–H and O–H groups in total. The smallest absolute Gasteiger partial charge is 0.327 e. The molecule has 3 rings (SSSR count). The van der Waals surface area contributed by atoms with Gasteiger partial charge in [-0.3, -0.25) is 4.79 Å². The predicted molar refractivity (Wildman–Crippen MR) is 98.0 cm³/mol. The van der Waals surface area contributed by atoms with Gasteiger partial charge in [-0.05, 0) is 39.8 Å². The molecule has 0 radical (unpaired) electrons. The van der Waals surface area contributed by atoms with Crippen LogP contribution in [0.25, 0.3) is 5.70 Å². The topological polar surface area (TPSA) is 58.2 Å². The Balaban J connectivity index is 2.27. The van der Waals surface area contributed by atoms with E-state index < -0.39 is 29.6 Å². The number of benzene rings is 2. The number of amides is 2. The van der Waals surface area contributed by atoms with Crippen molar-refractivity contribution in [2.24, 2.45) is 0 Å². The third-order valence-electron chi connectivity index (χ3n) is 3.85. The van der Waals surface area contributed by atoms with Gasteiger partial charge in [0, 0.05) is 3.57 Å². The molecule has 26 heavy (non-hydrogen) atoms. The van der Waals surface area contributed by atoms with Crippen LogP contribution in [-0.4, -0.2) is 18.0 Å². The first-order valence-corrected chi connectivity index (χ1v) is 8.60. The van der Waals surface area contributed by atoms with E-state index in [-0.39, 0.29) is 5.70 Å². The van der Waals surface area contributed by atoms with Gasteiger partial charge in [0.15, 0.2) is 0 Å². The van der Waals surface area contributed by atoms with Gasteiger partial charge < -0.3 is 10.6 Å². The maximum absolute atomic E-state index is 13.3. The highest BCUT2D eigenvalue weighted by Crippen LogP contribution is 2.37. The highest BCUT2D eigenvalue weighted by Gasteiger charge is 2.46. The number of carbonyl (C=O) groups is 2. The molecule has 2 aromatic carbocycles. The third kappa shape index (κ3) is 3.59. The second-order valence-electron chi connectivity index (χ2n) is 5.53. The van der Waals surface area contributed by atoms with Crippen molar-refractivity contribution in [3.8, 4) is 0 Å². The molecule has 8 heteroatoms. The summed E-state index contributed by atoms with van der Waals surface area (Å²) in [5.74, 6) is -1.99. The molecule has 0 aliphatic carbocycles. The number of Topliss-reactive ketones (excluding diaryl/α,β-unsaturated/α-hetero) is 1. The molecule has 2 aromatic rings. The van der Waals surface area contributed by atoms with Crippen LogP contribution in [0.3, 0.4) is 0 Å². The minimum Gasteiger partial charge on any atom is -0.327 e. The molecular weight excluding hydrogens is 460 g/mol. The van der Waals surface area contributed by atoms with Crippen molar-refractivity contribution in [2.75, 3.05) is 0 Å². The van der Waals surface area contributed by atoms with Crippen LogP contribution < -0.4 is 10.6 Å². The molecule has 0 saturated heterocycles. The largest absolute Gasteiger partial charge is 0.454 e. The van der Waals surface area contributed by atoms with Crippen molar-refractivity contribution in [1.82, 2.24) is 10.6 Å². The molecule has 1 aliphatic rings. The normalized spacial score (nSPS) is 17.5. The quantitative estimate of drug-likeness (QED) is 0.659. The average Bonchev–Trinajstić information content (AvgIpc) is 2.61. The Bertz CT molecular complexity index is 895. The number of alkyl halides is 3. The van der Waals surface area contributed by atoms with E-state index in [4.69, 9.17) is 0 Å². The summed E-state index contributed by atoms with van der Waals surface area (Å²) < 4.78 is 40.5. The van der Waals surface area contributed by atoms with E-state index in [1.54, 1.807) is 42.5 Å². The van der Waals surface area contributed by atoms with Crippen LogP contribution in [0, 0.1) is 3.57 Å². The lowest BCUT2D eigenvalue weighted by Gasteiger charge is -2.31. The Labute approximate surface area is 160 Å². The number of halogens is 4. The Hall–Kier alpha value is -2.36. The number of hydrogen-bond donors (Lipinski definition) is 2. The SMILES string of the molecule is O=C1NC(c2ccccc2)=C(C(=O)C(F)(F)F)[C@H](c2ccccc2I)N1. The standard InChI is InChI=1S/C18H12F3IN2O2/c19-18(20,21)16(25)13-14(10-6-2-1-3-7-10)23-17(26)24-15(13)11-8-4-5-9-12(11)22/h1-9,15H,(H2,23,24,26)/t15-/m0/s1. The maximum atomic E-state index is 13.3. The minimum atomic E-state index is -5.07. The first-order valence-electron chi connectivity index (χ1n) is 7.52. The zero-order valence-electron chi connectivity index (χ0n) is 13.1. The maximum Gasteiger partial charge on any atom is 0.454 e. The predicted octanol–water partition coefficient (Wildman–Crippen LogP) is 4.19. The monoisotopic (exact) mass is 472 g/mol. The van der Waals surface area contributed by atoms with Gasteiger partial charge in [0.2, 0.25) is 0 Å². The molecule has 0 aromatic heterocycles. The summed E-state index contributed by atoms with van der Waals surface area (Å²) in [6.07, 6.45) is -5.07. The van der Waals surface area contributed by atoms with Gasteiger partial charge in [0.25, 0.3) is 5.78 Å². The van der Waals surface area contributed by atoms with Gasteiger partial charge in [-0.1, -0.05) is 48.5 Å². The summed E-state index contributed by atoms with van der Waals surface area (Å²) in [4.78, 5) is 24.3. The molecular formula is C18H12F3IN2O2. The molecule has 0 bridgehead atoms. The highest BCUT2D eigenvalue weighted by molar-refractivity contribution is 14.1. The van der Waals surface area contributed by atoms with Crippen LogP contribution >= 0.6 is 22.6 Å². The van der Waals surface area contributed by atoms with E-state index in [1.165, 1.54) is 12.1 Å². The lowest BCUT2D eigenvalue weighted by molar-refractivity contribution is -0.166. The first-order chi connectivity index (χ1) is 12.3. The molecule has 2 amide bonds. The zero-order chi connectivity index (χ0) is 18.9. The molecule has 0 spiro atoms. The molecule has 1 aliphatic heterocycles. The summed E-state index contributed by atoms with van der Waals surface area (Å²) in [5.41, 5.74) is 0.0728. The fourth-order valence-electron chi connectivity index (χ4n) is 2.74. The molecule has 1 atom stereocenters. The van der Waals surface area contributed by atoms with Gasteiger partial charge in [0.1, 0.15) is 0 Å². The van der Waals surface area contributed by atoms with Gasteiger partial charge in [-0.15, -0.1) is 0 Å². The summed E-state index contributed by atoms with van der Waals surface area (Å²) >= 11 is 1.96. The molecule has 134 valence electrons. The highest BCUT2D eigenvalue weighted by atomic mass is 127. The van der Waals surface area contributed by atoms with E-state index in [9.17, 15) is 22.8 Å². The van der Waals surface area contributed by atoms with Crippen molar-refractivity contribution in [3.05, 3.63) is 74.9 Å². The van der Waals surface area contributed by atoms with Crippen LogP contribution in [0.2, 0.25) is 0 Å². The fourth-order valence-corrected chi connectivity index (χ4v) is 3.44. The van der Waals surface area contributed by atoms with Crippen LogP contribution in [0.5, 0.6) is 0 Å². The lowest BCUT2D eigenvalue weighted by Crippen LogP contribution is -2.47. The summed E-state index contributed by atoms with van der Waals surface area (Å²) in [5, 5.41) is 4.80. The second kappa shape index (κ2) is 7.10. The fraction of sp³-hybridized carbons (Fsp3) is 0.111. The molecule has 4 nitrogen and oxygen atoms in total. The van der Waals surface area contributed by atoms with Crippen LogP contribution in [0.4, 0.5) is 18.0 Å². The van der Waals surface area contributed by atoms with Crippen molar-refractivity contribution in [3.63, 3.8) is 0 Å². The third-order valence-corrected chi connectivity index (χ3v) is 4.84. The zero-order valence-corrected chi connectivity index (χ0v) is 15.3. The number of carbonyl (C=O) groups excluding carboxylic acids is 2. The second-order valence-corrected chi connectivity index (χ2v) is 6.70. The van der Waals surface area contributed by atoms with E-state index in [1.807, 2.05) is 22.6 Å². The summed E-state index contributed by atoms with van der Waals surface area (Å²) in [7, 11) is 0. The number of nitrogens with one attached hydrogen (secondary N) is 2. The number of rotatable bonds is 3. The van der Waals surface area contributed by atoms with Crippen molar-refractivity contribution in [2.45, 2.75) is 12.2 Å². The van der Waals surface area contributed by atoms with Crippen molar-refractivity contribution < 1.29 is 22.8 Å². The van der Waals surface area contributed by atoms with E-state index >= 15 is 0 Å². The molecule has 0 unspecified atom stereocenters. The van der Waals surface area contributed by atoms with E-state index in [0.29, 0.717) is 14.7 Å². The minimum absolute atomic E-state index is 0.138. The first kappa shape index (κ1) is 18.4. The number of urea groups is 1. The lowest BCUT2D eigenvalue weighted by atomic mass is 9.89. The van der Waals surface area contributed by atoms with Crippen LogP contribution in [0.15, 0.2) is 60.2 Å². The Morgan fingerprint density at radius 3 is 2.23 bits per heavy atom. The van der Waals surface area contributed by atoms with Gasteiger partial charge in [0.05, 0.1) is 17.3 Å². The van der Waals surface area contributed by atoms with Gasteiger partial charge >= 0.3 is 12.2 Å². The number of ketones is 1. The van der Waals surface area contributed by atoms with Crippen LogP contribution in [0.1, 0.15) is 17.2 Å². The Morgan fingerprint density at radius 1 is 1.00 bits per heavy atom. The molecule has 0 fully saturated rings. The Kier molecular flexibility index (Phi) is 5.03. The Morgan fingerprint density at radius 2 is 1.62 bits per heavy atom. The molecule has 0 saturated carbocycles. The van der Waals surface area contributed by atoms with E-state index in [2.05, 4.69) is 10.6 Å². The van der Waals surface area contributed by atoms with Gasteiger partial charge in [-0.25, -0.2) is 4.79 Å². The molecule has 1 heterocycles. The van der Waals surface area contributed by atoms with Crippen molar-refractivity contribution >= 4 is 40.1 Å². The van der Waals surface area contributed by atoms with Crippen LogP contribution in [-0.2, 0) is 4.79 Å². The summed E-state index contributed by atoms with van der Waals surface area (Å²) in [6.45, 7) is 0.